The largest absolute Gasteiger partial charge is 0.481 e. The number of benzene rings is 1. The Morgan fingerprint density at radius 1 is 1.26 bits per heavy atom. The summed E-state index contributed by atoms with van der Waals surface area (Å²) >= 11 is 0. The molecule has 5 nitrogen and oxygen atoms in total. The van der Waals surface area contributed by atoms with Crippen LogP contribution in [-0.4, -0.2) is 26.1 Å². The van der Waals surface area contributed by atoms with Crippen LogP contribution in [0.25, 0.3) is 5.69 Å². The molecule has 0 aliphatic carbocycles. The maximum absolute atomic E-state index is 13.6. The molecule has 0 saturated carbocycles. The molecule has 2 aromatic rings. The first-order valence-electron chi connectivity index (χ1n) is 5.18. The molecular weight excluding hydrogens is 263 g/mol. The molecular formula is C11H8F3N3O2. The molecule has 0 atom stereocenters. The number of carboxylic acids is 1. The van der Waals surface area contributed by atoms with Crippen LogP contribution < -0.4 is 0 Å². The monoisotopic (exact) mass is 271 g/mol. The minimum Gasteiger partial charge on any atom is -0.481 e. The van der Waals surface area contributed by atoms with E-state index in [0.717, 1.165) is 4.68 Å². The van der Waals surface area contributed by atoms with Crippen LogP contribution in [-0.2, 0) is 11.2 Å². The minimum absolute atomic E-state index is 0.122. The van der Waals surface area contributed by atoms with Gasteiger partial charge in [0.1, 0.15) is 5.69 Å². The highest BCUT2D eigenvalue weighted by molar-refractivity contribution is 5.69. The van der Waals surface area contributed by atoms with E-state index in [0.29, 0.717) is 12.1 Å². The van der Waals surface area contributed by atoms with Gasteiger partial charge in [0.15, 0.2) is 17.5 Å². The summed E-state index contributed by atoms with van der Waals surface area (Å²) in [5, 5.41) is 15.8. The number of nitrogens with zero attached hydrogens (tertiary/aromatic N) is 3. The van der Waals surface area contributed by atoms with E-state index in [1.165, 1.54) is 6.92 Å². The van der Waals surface area contributed by atoms with Gasteiger partial charge < -0.3 is 5.11 Å². The Morgan fingerprint density at radius 2 is 1.89 bits per heavy atom. The van der Waals surface area contributed by atoms with Gasteiger partial charge in [0.05, 0.1) is 17.8 Å². The van der Waals surface area contributed by atoms with Crippen molar-refractivity contribution in [3.05, 3.63) is 41.0 Å². The van der Waals surface area contributed by atoms with Crippen LogP contribution in [0, 0.1) is 24.4 Å². The summed E-state index contributed by atoms with van der Waals surface area (Å²) in [6.07, 6.45) is -0.392. The van der Waals surface area contributed by atoms with Crippen molar-refractivity contribution in [2.45, 2.75) is 13.3 Å². The van der Waals surface area contributed by atoms with Gasteiger partial charge in [-0.05, 0) is 6.92 Å². The summed E-state index contributed by atoms with van der Waals surface area (Å²) in [5.41, 5.74) is 0.0319. The number of aromatic nitrogens is 3. The lowest BCUT2D eigenvalue weighted by Gasteiger charge is -2.05. The summed E-state index contributed by atoms with van der Waals surface area (Å²) < 4.78 is 40.4. The summed E-state index contributed by atoms with van der Waals surface area (Å²) in [5.74, 6) is -4.69. The number of hydrogen-bond acceptors (Lipinski definition) is 3. The van der Waals surface area contributed by atoms with E-state index in [9.17, 15) is 18.0 Å². The third-order valence-corrected chi connectivity index (χ3v) is 2.53. The third kappa shape index (κ3) is 2.42. The third-order valence-electron chi connectivity index (χ3n) is 2.53. The maximum Gasteiger partial charge on any atom is 0.309 e. The van der Waals surface area contributed by atoms with Gasteiger partial charge in [-0.2, -0.15) is 0 Å². The van der Waals surface area contributed by atoms with Gasteiger partial charge in [-0.25, -0.2) is 17.9 Å². The van der Waals surface area contributed by atoms with Crippen molar-refractivity contribution in [2.75, 3.05) is 0 Å². The first-order chi connectivity index (χ1) is 8.90. The van der Waals surface area contributed by atoms with E-state index in [2.05, 4.69) is 10.3 Å². The quantitative estimate of drug-likeness (QED) is 0.861. The van der Waals surface area contributed by atoms with E-state index in [-0.39, 0.29) is 17.1 Å². The number of aliphatic carboxylic acids is 1. The molecule has 100 valence electrons. The SMILES string of the molecule is Cc1c(CC(=O)O)nnn1-c1cc(F)c(F)cc1F. The lowest BCUT2D eigenvalue weighted by molar-refractivity contribution is -0.136. The van der Waals surface area contributed by atoms with E-state index in [1.807, 2.05) is 0 Å². The second-order valence-electron chi connectivity index (χ2n) is 3.82. The number of halogens is 3. The van der Waals surface area contributed by atoms with Crippen molar-refractivity contribution in [2.24, 2.45) is 0 Å². The molecule has 0 spiro atoms. The molecule has 1 heterocycles. The van der Waals surface area contributed by atoms with Gasteiger partial charge in [0, 0.05) is 12.1 Å². The molecule has 0 aliphatic rings. The normalized spacial score (nSPS) is 10.7. The summed E-state index contributed by atoms with van der Waals surface area (Å²) in [4.78, 5) is 10.6. The molecule has 0 radical (unpaired) electrons. The Bertz CT molecular complexity index is 655. The minimum atomic E-state index is -1.32. The first-order valence-corrected chi connectivity index (χ1v) is 5.18. The van der Waals surface area contributed by atoms with Gasteiger partial charge in [-0.15, -0.1) is 5.10 Å². The Balaban J connectivity index is 2.51. The lowest BCUT2D eigenvalue weighted by Crippen LogP contribution is -2.06. The molecule has 1 aromatic heterocycles. The van der Waals surface area contributed by atoms with E-state index >= 15 is 0 Å². The number of rotatable bonds is 3. The smallest absolute Gasteiger partial charge is 0.309 e. The average Bonchev–Trinajstić information content (AvgIpc) is 2.65. The molecule has 0 saturated heterocycles. The first kappa shape index (κ1) is 13.1. The van der Waals surface area contributed by atoms with Crippen molar-refractivity contribution >= 4 is 5.97 Å². The second kappa shape index (κ2) is 4.71. The topological polar surface area (TPSA) is 68.0 Å². The highest BCUT2D eigenvalue weighted by Gasteiger charge is 2.17. The molecule has 1 N–H and O–H groups in total. The molecule has 0 bridgehead atoms. The zero-order valence-electron chi connectivity index (χ0n) is 9.69. The summed E-state index contributed by atoms with van der Waals surface area (Å²) in [6, 6.07) is 1.03. The zero-order valence-corrected chi connectivity index (χ0v) is 9.69. The molecule has 0 aliphatic heterocycles. The van der Waals surface area contributed by atoms with Crippen LogP contribution in [0.15, 0.2) is 12.1 Å². The highest BCUT2D eigenvalue weighted by atomic mass is 19.2. The fraction of sp³-hybridized carbons (Fsp3) is 0.182. The van der Waals surface area contributed by atoms with Crippen molar-refractivity contribution in [3.8, 4) is 5.69 Å². The van der Waals surface area contributed by atoms with Crippen LogP contribution in [0.3, 0.4) is 0 Å². The lowest BCUT2D eigenvalue weighted by atomic mass is 10.2. The molecule has 19 heavy (non-hydrogen) atoms. The predicted molar refractivity (Wildman–Crippen MR) is 57.3 cm³/mol. The Hall–Kier alpha value is -2.38. The average molecular weight is 271 g/mol. The van der Waals surface area contributed by atoms with Crippen LogP contribution in [0.2, 0.25) is 0 Å². The van der Waals surface area contributed by atoms with Gasteiger partial charge in [0.25, 0.3) is 0 Å². The van der Waals surface area contributed by atoms with Crippen molar-refractivity contribution in [3.63, 3.8) is 0 Å². The van der Waals surface area contributed by atoms with Gasteiger partial charge in [-0.1, -0.05) is 5.21 Å². The predicted octanol–water partition coefficient (Wildman–Crippen LogP) is 1.62. The Morgan fingerprint density at radius 3 is 2.53 bits per heavy atom. The zero-order chi connectivity index (χ0) is 14.2. The molecule has 0 amide bonds. The van der Waals surface area contributed by atoms with Crippen LogP contribution in [0.5, 0.6) is 0 Å². The summed E-state index contributed by atoms with van der Waals surface area (Å²) in [6.45, 7) is 1.46. The van der Waals surface area contributed by atoms with Gasteiger partial charge >= 0.3 is 5.97 Å². The second-order valence-corrected chi connectivity index (χ2v) is 3.82. The van der Waals surface area contributed by atoms with Crippen molar-refractivity contribution in [1.82, 2.24) is 15.0 Å². The Labute approximate surface area is 105 Å². The van der Waals surface area contributed by atoms with E-state index < -0.39 is 29.8 Å². The molecule has 8 heteroatoms. The fourth-order valence-electron chi connectivity index (χ4n) is 1.57. The number of hydrogen-bond donors (Lipinski definition) is 1. The van der Waals surface area contributed by atoms with Gasteiger partial charge in [0.2, 0.25) is 0 Å². The number of carboxylic acid groups (broad SMARTS) is 1. The van der Waals surface area contributed by atoms with Crippen molar-refractivity contribution in [1.29, 1.82) is 0 Å². The van der Waals surface area contributed by atoms with E-state index in [4.69, 9.17) is 5.11 Å². The maximum atomic E-state index is 13.6. The van der Waals surface area contributed by atoms with Crippen LogP contribution in [0.1, 0.15) is 11.4 Å². The van der Waals surface area contributed by atoms with Gasteiger partial charge in [-0.3, -0.25) is 4.79 Å². The molecule has 1 aromatic carbocycles. The molecule has 0 unspecified atom stereocenters. The number of carbonyl (C=O) groups is 1. The summed E-state index contributed by atoms with van der Waals surface area (Å²) in [7, 11) is 0. The molecule has 0 fully saturated rings. The van der Waals surface area contributed by atoms with E-state index in [1.54, 1.807) is 0 Å². The molecule has 2 rings (SSSR count). The Kier molecular flexibility index (Phi) is 3.24. The van der Waals surface area contributed by atoms with Crippen LogP contribution in [0.4, 0.5) is 13.2 Å². The highest BCUT2D eigenvalue weighted by Crippen LogP contribution is 2.19. The van der Waals surface area contributed by atoms with Crippen LogP contribution >= 0.6 is 0 Å². The van der Waals surface area contributed by atoms with Crippen molar-refractivity contribution < 1.29 is 23.1 Å². The fourth-order valence-corrected chi connectivity index (χ4v) is 1.57. The standard InChI is InChI=1S/C11H8F3N3O2/c1-5-9(4-11(18)19)15-16-17(5)10-3-7(13)6(12)2-8(10)14/h2-3H,4H2,1H3,(H,18,19).